The lowest BCUT2D eigenvalue weighted by molar-refractivity contribution is -0.167. The SMILES string of the molecule is CCCCC/C=C\CCCCCCCC(=O)OC(COC(=O)CCCCCCCCCCCCCC)COC(=O)CCCCCCCCCCCCCCCCCCCCCCC. The first kappa shape index (κ1) is 61.1. The highest BCUT2D eigenvalue weighted by atomic mass is 16.6. The molecule has 372 valence electrons. The van der Waals surface area contributed by atoms with E-state index >= 15 is 0 Å². The van der Waals surface area contributed by atoms with Crippen LogP contribution >= 0.6 is 0 Å². The first-order valence-electron chi connectivity index (χ1n) is 28.2. The number of unbranched alkanes of at least 4 members (excludes halogenated alkanes) is 39. The van der Waals surface area contributed by atoms with Crippen LogP contribution in [0, 0.1) is 0 Å². The van der Waals surface area contributed by atoms with Crippen molar-refractivity contribution in [2.45, 2.75) is 322 Å². The van der Waals surface area contributed by atoms with E-state index in [1.807, 2.05) is 0 Å². The van der Waals surface area contributed by atoms with Gasteiger partial charge < -0.3 is 14.2 Å². The zero-order valence-electron chi connectivity index (χ0n) is 42.6. The summed E-state index contributed by atoms with van der Waals surface area (Å²) in [7, 11) is 0. The normalized spacial score (nSPS) is 12.0. The molecule has 0 aliphatic carbocycles. The van der Waals surface area contributed by atoms with E-state index in [4.69, 9.17) is 14.2 Å². The van der Waals surface area contributed by atoms with Crippen LogP contribution < -0.4 is 0 Å². The smallest absolute Gasteiger partial charge is 0.306 e. The Kier molecular flexibility index (Phi) is 51.2. The van der Waals surface area contributed by atoms with Crippen LogP contribution in [0.3, 0.4) is 0 Å². The Morgan fingerprint density at radius 1 is 0.302 bits per heavy atom. The van der Waals surface area contributed by atoms with Crippen molar-refractivity contribution in [1.29, 1.82) is 0 Å². The minimum absolute atomic E-state index is 0.0678. The van der Waals surface area contributed by atoms with Crippen molar-refractivity contribution in [3.8, 4) is 0 Å². The molecule has 63 heavy (non-hydrogen) atoms. The molecule has 0 radical (unpaired) electrons. The molecule has 1 unspecified atom stereocenters. The van der Waals surface area contributed by atoms with Gasteiger partial charge in [0.1, 0.15) is 13.2 Å². The summed E-state index contributed by atoms with van der Waals surface area (Å²) in [5, 5.41) is 0. The Hall–Kier alpha value is -1.85. The lowest BCUT2D eigenvalue weighted by Crippen LogP contribution is -2.30. The van der Waals surface area contributed by atoms with Crippen LogP contribution in [0.1, 0.15) is 316 Å². The molecule has 6 heteroatoms. The minimum Gasteiger partial charge on any atom is -0.462 e. The number of hydrogen-bond acceptors (Lipinski definition) is 6. The Bertz CT molecular complexity index is 978. The molecule has 0 amide bonds. The largest absolute Gasteiger partial charge is 0.462 e. The van der Waals surface area contributed by atoms with Gasteiger partial charge in [-0.05, 0) is 44.9 Å². The van der Waals surface area contributed by atoms with Gasteiger partial charge in [0.2, 0.25) is 0 Å². The summed E-state index contributed by atoms with van der Waals surface area (Å²) in [4.78, 5) is 38.0. The molecule has 0 rings (SSSR count). The topological polar surface area (TPSA) is 78.9 Å². The second-order valence-electron chi connectivity index (χ2n) is 19.2. The maximum atomic E-state index is 12.8. The third-order valence-corrected chi connectivity index (χ3v) is 12.8. The highest BCUT2D eigenvalue weighted by Crippen LogP contribution is 2.17. The molecule has 0 fully saturated rings. The average molecular weight is 889 g/mol. The van der Waals surface area contributed by atoms with Crippen LogP contribution in [-0.2, 0) is 28.6 Å². The van der Waals surface area contributed by atoms with Crippen molar-refractivity contribution < 1.29 is 28.6 Å². The van der Waals surface area contributed by atoms with Crippen molar-refractivity contribution in [3.05, 3.63) is 12.2 Å². The zero-order chi connectivity index (χ0) is 45.8. The van der Waals surface area contributed by atoms with Gasteiger partial charge in [0.25, 0.3) is 0 Å². The van der Waals surface area contributed by atoms with Crippen LogP contribution in [0.15, 0.2) is 12.2 Å². The molecule has 0 N–H and O–H groups in total. The van der Waals surface area contributed by atoms with Gasteiger partial charge in [-0.15, -0.1) is 0 Å². The number of rotatable bonds is 52. The van der Waals surface area contributed by atoms with E-state index in [0.717, 1.165) is 64.2 Å². The van der Waals surface area contributed by atoms with E-state index in [1.165, 1.54) is 212 Å². The van der Waals surface area contributed by atoms with E-state index in [0.29, 0.717) is 19.3 Å². The maximum Gasteiger partial charge on any atom is 0.306 e. The van der Waals surface area contributed by atoms with Crippen molar-refractivity contribution >= 4 is 17.9 Å². The molecule has 0 bridgehead atoms. The molecule has 0 aromatic rings. The fraction of sp³-hybridized carbons (Fsp3) is 0.912. The van der Waals surface area contributed by atoms with Gasteiger partial charge in [-0.2, -0.15) is 0 Å². The van der Waals surface area contributed by atoms with Gasteiger partial charge in [-0.3, -0.25) is 14.4 Å². The molecule has 0 spiro atoms. The van der Waals surface area contributed by atoms with Gasteiger partial charge in [0.15, 0.2) is 6.10 Å². The fourth-order valence-electron chi connectivity index (χ4n) is 8.50. The summed E-state index contributed by atoms with van der Waals surface area (Å²) in [5.74, 6) is -0.857. The van der Waals surface area contributed by atoms with Crippen molar-refractivity contribution in [2.75, 3.05) is 13.2 Å². The van der Waals surface area contributed by atoms with Gasteiger partial charge in [0, 0.05) is 19.3 Å². The van der Waals surface area contributed by atoms with E-state index in [9.17, 15) is 14.4 Å². The quantitative estimate of drug-likeness (QED) is 0.0262. The molecule has 0 aromatic carbocycles. The van der Waals surface area contributed by atoms with Crippen LogP contribution in [-0.4, -0.2) is 37.2 Å². The second kappa shape index (κ2) is 52.8. The Balaban J connectivity index is 4.22. The summed E-state index contributed by atoms with van der Waals surface area (Å²) in [6.07, 6.45) is 59.2. The van der Waals surface area contributed by atoms with Crippen LogP contribution in [0.2, 0.25) is 0 Å². The van der Waals surface area contributed by atoms with Gasteiger partial charge in [0.05, 0.1) is 0 Å². The Labute approximate surface area is 392 Å². The lowest BCUT2D eigenvalue weighted by Gasteiger charge is -2.18. The van der Waals surface area contributed by atoms with Crippen molar-refractivity contribution in [1.82, 2.24) is 0 Å². The molecule has 0 aliphatic heterocycles. The zero-order valence-corrected chi connectivity index (χ0v) is 42.6. The monoisotopic (exact) mass is 889 g/mol. The third kappa shape index (κ3) is 51.0. The predicted octanol–water partition coefficient (Wildman–Crippen LogP) is 18.5. The molecule has 1 atom stereocenters. The fourth-order valence-corrected chi connectivity index (χ4v) is 8.50. The van der Waals surface area contributed by atoms with Crippen molar-refractivity contribution in [3.63, 3.8) is 0 Å². The second-order valence-corrected chi connectivity index (χ2v) is 19.2. The predicted molar refractivity (Wildman–Crippen MR) is 270 cm³/mol. The minimum atomic E-state index is -0.767. The molecular formula is C57H108O6. The molecular weight excluding hydrogens is 781 g/mol. The molecule has 0 saturated carbocycles. The highest BCUT2D eigenvalue weighted by molar-refractivity contribution is 5.71. The van der Waals surface area contributed by atoms with Crippen LogP contribution in [0.25, 0.3) is 0 Å². The lowest BCUT2D eigenvalue weighted by atomic mass is 10.0. The summed E-state index contributed by atoms with van der Waals surface area (Å²) < 4.78 is 16.8. The van der Waals surface area contributed by atoms with Gasteiger partial charge in [-0.25, -0.2) is 0 Å². The number of esters is 3. The number of hydrogen-bond donors (Lipinski definition) is 0. The highest BCUT2D eigenvalue weighted by Gasteiger charge is 2.19. The Morgan fingerprint density at radius 3 is 0.825 bits per heavy atom. The van der Waals surface area contributed by atoms with Crippen molar-refractivity contribution in [2.24, 2.45) is 0 Å². The summed E-state index contributed by atoms with van der Waals surface area (Å²) in [6.45, 7) is 6.65. The number of allylic oxidation sites excluding steroid dienone is 2. The van der Waals surface area contributed by atoms with Crippen LogP contribution in [0.4, 0.5) is 0 Å². The summed E-state index contributed by atoms with van der Waals surface area (Å²) in [6, 6.07) is 0. The number of ether oxygens (including phenoxy) is 3. The molecule has 0 saturated heterocycles. The van der Waals surface area contributed by atoms with E-state index in [-0.39, 0.29) is 31.1 Å². The number of carbonyl (C=O) groups is 3. The first-order valence-corrected chi connectivity index (χ1v) is 28.2. The number of carbonyl (C=O) groups excluding carboxylic acids is 3. The van der Waals surface area contributed by atoms with E-state index < -0.39 is 6.10 Å². The molecule has 0 aliphatic rings. The molecule has 6 nitrogen and oxygen atoms in total. The maximum absolute atomic E-state index is 12.8. The third-order valence-electron chi connectivity index (χ3n) is 12.8. The van der Waals surface area contributed by atoms with Crippen LogP contribution in [0.5, 0.6) is 0 Å². The van der Waals surface area contributed by atoms with E-state index in [2.05, 4.69) is 32.9 Å². The Morgan fingerprint density at radius 2 is 0.524 bits per heavy atom. The van der Waals surface area contributed by atoms with E-state index in [1.54, 1.807) is 0 Å². The summed E-state index contributed by atoms with van der Waals surface area (Å²) >= 11 is 0. The first-order chi connectivity index (χ1) is 31.0. The van der Waals surface area contributed by atoms with Gasteiger partial charge >= 0.3 is 17.9 Å². The average Bonchev–Trinajstić information content (AvgIpc) is 3.28. The molecule has 0 heterocycles. The molecule has 0 aromatic heterocycles. The van der Waals surface area contributed by atoms with Gasteiger partial charge in [-0.1, -0.05) is 264 Å². The summed E-state index contributed by atoms with van der Waals surface area (Å²) in [5.41, 5.74) is 0. The standard InChI is InChI=1S/C57H108O6/c1-4-7-10-13-16-19-22-25-26-27-28-29-30-31-32-33-36-38-41-44-47-50-56(59)62-53-54(63-57(60)51-48-45-42-39-35-24-21-18-15-12-9-6-3)52-61-55(58)49-46-43-40-37-34-23-20-17-14-11-8-5-2/h18,21,54H,4-17,19-20,22-53H2,1-3H3/b21-18-.